The van der Waals surface area contributed by atoms with Crippen molar-refractivity contribution in [3.63, 3.8) is 0 Å². The quantitative estimate of drug-likeness (QED) is 0.685. The second kappa shape index (κ2) is 4.59. The van der Waals surface area contributed by atoms with Crippen molar-refractivity contribution >= 4 is 19.7 Å². The first-order chi connectivity index (χ1) is 6.04. The lowest BCUT2D eigenvalue weighted by Crippen LogP contribution is -2.32. The molecule has 0 amide bonds. The van der Waals surface area contributed by atoms with Gasteiger partial charge in [0.2, 0.25) is 0 Å². The van der Waals surface area contributed by atoms with Gasteiger partial charge in [-0.05, 0) is 13.3 Å². The van der Waals surface area contributed by atoms with Crippen LogP contribution in [-0.4, -0.2) is 51.6 Å². The van der Waals surface area contributed by atoms with Gasteiger partial charge >= 0.3 is 0 Å². The van der Waals surface area contributed by atoms with E-state index in [1.807, 2.05) is 0 Å². The Labute approximate surface area is 85.0 Å². The van der Waals surface area contributed by atoms with Crippen LogP contribution in [0.25, 0.3) is 0 Å². The largest absolute Gasteiger partial charge is 0.392 e. The summed E-state index contributed by atoms with van der Waals surface area (Å²) in [5, 5.41) is 8.45. The molecule has 0 aliphatic rings. The SMILES string of the molecule is CC(C(O)CCS(C)(=O)=O)S(C)(=O)=O. The first-order valence-corrected chi connectivity index (χ1v) is 8.10. The molecule has 0 bridgehead atoms. The van der Waals surface area contributed by atoms with Crippen molar-refractivity contribution in [2.45, 2.75) is 24.7 Å². The molecule has 0 aliphatic carbocycles. The molecule has 0 aromatic carbocycles. The summed E-state index contributed by atoms with van der Waals surface area (Å²) in [5.41, 5.74) is 0. The van der Waals surface area contributed by atoms with E-state index in [2.05, 4.69) is 0 Å². The van der Waals surface area contributed by atoms with Crippen molar-refractivity contribution in [3.05, 3.63) is 0 Å². The molecule has 7 heteroatoms. The van der Waals surface area contributed by atoms with Gasteiger partial charge in [0, 0.05) is 12.5 Å². The molecule has 0 heterocycles. The Kier molecular flexibility index (Phi) is 4.54. The summed E-state index contributed by atoms with van der Waals surface area (Å²) in [6.45, 7) is 1.36. The molecule has 0 aromatic rings. The molecule has 2 atom stereocenters. The van der Waals surface area contributed by atoms with Gasteiger partial charge in [-0.2, -0.15) is 0 Å². The van der Waals surface area contributed by atoms with Crippen LogP contribution < -0.4 is 0 Å². The number of sulfone groups is 2. The molecule has 0 radical (unpaired) electrons. The average Bonchev–Trinajstić information content (AvgIpc) is 1.95. The highest BCUT2D eigenvalue weighted by Crippen LogP contribution is 2.08. The van der Waals surface area contributed by atoms with Gasteiger partial charge in [0.15, 0.2) is 9.84 Å². The van der Waals surface area contributed by atoms with Crippen molar-refractivity contribution < 1.29 is 21.9 Å². The van der Waals surface area contributed by atoms with E-state index in [-0.39, 0.29) is 12.2 Å². The minimum Gasteiger partial charge on any atom is -0.392 e. The van der Waals surface area contributed by atoms with Crippen molar-refractivity contribution in [1.82, 2.24) is 0 Å². The molecule has 0 spiro atoms. The summed E-state index contributed by atoms with van der Waals surface area (Å²) >= 11 is 0. The molecule has 2 unspecified atom stereocenters. The normalized spacial score (nSPS) is 17.7. The van der Waals surface area contributed by atoms with Gasteiger partial charge in [0.25, 0.3) is 0 Å². The molecule has 0 fully saturated rings. The van der Waals surface area contributed by atoms with Gasteiger partial charge in [0.1, 0.15) is 9.84 Å². The number of aliphatic hydroxyl groups excluding tert-OH is 1. The maximum absolute atomic E-state index is 11.0. The summed E-state index contributed by atoms with van der Waals surface area (Å²) in [6, 6.07) is 0. The van der Waals surface area contributed by atoms with Crippen LogP contribution in [0, 0.1) is 0 Å². The molecule has 86 valence electrons. The van der Waals surface area contributed by atoms with E-state index in [0.717, 1.165) is 12.5 Å². The van der Waals surface area contributed by atoms with E-state index in [4.69, 9.17) is 0 Å². The van der Waals surface area contributed by atoms with Crippen LogP contribution in [0.15, 0.2) is 0 Å². The lowest BCUT2D eigenvalue weighted by Gasteiger charge is -2.16. The molecule has 0 saturated carbocycles. The Morgan fingerprint density at radius 1 is 1.14 bits per heavy atom. The van der Waals surface area contributed by atoms with E-state index >= 15 is 0 Å². The minimum absolute atomic E-state index is 0.0485. The third-order valence-electron chi connectivity index (χ3n) is 2.00. The third kappa shape index (κ3) is 5.56. The molecule has 0 rings (SSSR count). The van der Waals surface area contributed by atoms with E-state index in [1.165, 1.54) is 6.92 Å². The van der Waals surface area contributed by atoms with Crippen LogP contribution in [0.5, 0.6) is 0 Å². The number of hydrogen-bond acceptors (Lipinski definition) is 5. The average molecular weight is 244 g/mol. The smallest absolute Gasteiger partial charge is 0.152 e. The fourth-order valence-corrected chi connectivity index (χ4v) is 2.23. The van der Waals surface area contributed by atoms with Crippen molar-refractivity contribution in [2.75, 3.05) is 18.3 Å². The molecule has 1 N–H and O–H groups in total. The Bertz CT molecular complexity index is 367. The Morgan fingerprint density at radius 3 is 1.86 bits per heavy atom. The molecular weight excluding hydrogens is 228 g/mol. The first-order valence-electron chi connectivity index (χ1n) is 4.08. The molecular formula is C7H16O5S2. The standard InChI is InChI=1S/C7H16O5S2/c1-6(14(3,11)12)7(8)4-5-13(2,9)10/h6-8H,4-5H2,1-3H3. The fourth-order valence-electron chi connectivity index (χ4n) is 0.855. The molecule has 5 nitrogen and oxygen atoms in total. The number of hydrogen-bond donors (Lipinski definition) is 1. The van der Waals surface area contributed by atoms with Crippen LogP contribution in [0.4, 0.5) is 0 Å². The van der Waals surface area contributed by atoms with Crippen LogP contribution in [0.3, 0.4) is 0 Å². The summed E-state index contributed by atoms with van der Waals surface area (Å²) in [7, 11) is -6.47. The lowest BCUT2D eigenvalue weighted by atomic mass is 10.2. The Morgan fingerprint density at radius 2 is 1.57 bits per heavy atom. The minimum atomic E-state index is -3.31. The van der Waals surface area contributed by atoms with Gasteiger partial charge in [-0.1, -0.05) is 0 Å². The lowest BCUT2D eigenvalue weighted by molar-refractivity contribution is 0.169. The Balaban J connectivity index is 4.31. The molecule has 0 saturated heterocycles. The number of aliphatic hydroxyl groups is 1. The maximum Gasteiger partial charge on any atom is 0.152 e. The second-order valence-corrected chi connectivity index (χ2v) is 8.18. The summed E-state index contributed by atoms with van der Waals surface area (Å²) in [6.07, 6.45) is 0.888. The van der Waals surface area contributed by atoms with Gasteiger partial charge in [-0.3, -0.25) is 0 Å². The fraction of sp³-hybridized carbons (Fsp3) is 1.00. The predicted octanol–water partition coefficient (Wildman–Crippen LogP) is -0.785. The highest BCUT2D eigenvalue weighted by atomic mass is 32.2. The van der Waals surface area contributed by atoms with Crippen LogP contribution >= 0.6 is 0 Å². The summed E-state index contributed by atoms with van der Waals surface area (Å²) in [4.78, 5) is 0. The van der Waals surface area contributed by atoms with Crippen molar-refractivity contribution in [3.8, 4) is 0 Å². The Hall–Kier alpha value is -0.140. The van der Waals surface area contributed by atoms with Gasteiger partial charge in [0.05, 0.1) is 17.1 Å². The molecule has 14 heavy (non-hydrogen) atoms. The molecule has 0 aliphatic heterocycles. The first kappa shape index (κ1) is 13.9. The van der Waals surface area contributed by atoms with E-state index in [0.29, 0.717) is 0 Å². The highest BCUT2D eigenvalue weighted by Gasteiger charge is 2.24. The van der Waals surface area contributed by atoms with Gasteiger partial charge in [-0.25, -0.2) is 16.8 Å². The van der Waals surface area contributed by atoms with Crippen molar-refractivity contribution in [1.29, 1.82) is 0 Å². The van der Waals surface area contributed by atoms with E-state index < -0.39 is 31.0 Å². The summed E-state index contributed by atoms with van der Waals surface area (Å²) in [5.74, 6) is -0.200. The topological polar surface area (TPSA) is 88.5 Å². The maximum atomic E-state index is 11.0. The van der Waals surface area contributed by atoms with E-state index in [9.17, 15) is 21.9 Å². The van der Waals surface area contributed by atoms with Crippen LogP contribution in [0.2, 0.25) is 0 Å². The van der Waals surface area contributed by atoms with Crippen LogP contribution in [0.1, 0.15) is 13.3 Å². The van der Waals surface area contributed by atoms with Crippen molar-refractivity contribution in [2.24, 2.45) is 0 Å². The number of rotatable bonds is 5. The second-order valence-electron chi connectivity index (χ2n) is 3.52. The van der Waals surface area contributed by atoms with Crippen LogP contribution in [-0.2, 0) is 19.7 Å². The van der Waals surface area contributed by atoms with Gasteiger partial charge < -0.3 is 5.11 Å². The summed E-state index contributed by atoms with van der Waals surface area (Å²) < 4.78 is 43.5. The monoisotopic (exact) mass is 244 g/mol. The zero-order valence-corrected chi connectivity index (χ0v) is 10.1. The highest BCUT2D eigenvalue weighted by molar-refractivity contribution is 7.91. The third-order valence-corrected chi connectivity index (χ3v) is 4.64. The van der Waals surface area contributed by atoms with E-state index in [1.54, 1.807) is 0 Å². The zero-order valence-electron chi connectivity index (χ0n) is 8.47. The predicted molar refractivity (Wildman–Crippen MR) is 54.6 cm³/mol. The van der Waals surface area contributed by atoms with Gasteiger partial charge in [-0.15, -0.1) is 0 Å². The zero-order chi connectivity index (χ0) is 11.6. The molecule has 0 aromatic heterocycles.